The number of H-pyrrole nitrogens is 1. The molecule has 3 N–H and O–H groups in total. The van der Waals surface area contributed by atoms with Crippen molar-refractivity contribution in [2.24, 2.45) is 0 Å². The van der Waals surface area contributed by atoms with Gasteiger partial charge in [0.25, 0.3) is 5.91 Å². The second-order valence-electron chi connectivity index (χ2n) is 10.6. The molecule has 1 atom stereocenters. The molecule has 210 valence electrons. The Morgan fingerprint density at radius 2 is 1.83 bits per heavy atom. The molecule has 7 nitrogen and oxygen atoms in total. The molecule has 6 rings (SSSR count). The average Bonchev–Trinajstić information content (AvgIpc) is 3.65. The highest BCUT2D eigenvalue weighted by Crippen LogP contribution is 2.50. The first-order valence-electron chi connectivity index (χ1n) is 13.4. The first-order chi connectivity index (χ1) is 19.7. The van der Waals surface area contributed by atoms with Gasteiger partial charge in [0.1, 0.15) is 11.6 Å². The van der Waals surface area contributed by atoms with E-state index in [9.17, 15) is 22.8 Å². The molecule has 0 radical (unpaired) electrons. The first-order valence-corrected chi connectivity index (χ1v) is 13.4. The van der Waals surface area contributed by atoms with E-state index in [1.807, 2.05) is 42.3 Å². The van der Waals surface area contributed by atoms with Crippen molar-refractivity contribution in [2.45, 2.75) is 43.6 Å². The number of rotatable bonds is 8. The predicted molar refractivity (Wildman–Crippen MR) is 150 cm³/mol. The standard InChI is InChI=1S/C31H28F3N5O2/c1-39-30(41)26-23(17-31(39)12-13-31)37-27(28(26)36-21-5-3-2-4-6-21)19-11-14-35-25(15-19)38-29(40)22(16-24(33)34)18-7-9-20(32)10-8-18/h2-11,14-15,22,24,36-37H,12-13,16-17H2,1H3,(H,35,38,40). The molecule has 0 bridgehead atoms. The van der Waals surface area contributed by atoms with Gasteiger partial charge in [-0.1, -0.05) is 30.3 Å². The lowest BCUT2D eigenvalue weighted by Crippen LogP contribution is -2.44. The van der Waals surface area contributed by atoms with E-state index in [0.29, 0.717) is 28.9 Å². The van der Waals surface area contributed by atoms with E-state index in [1.54, 1.807) is 12.1 Å². The number of anilines is 3. The average molecular weight is 560 g/mol. The molecular weight excluding hydrogens is 531 g/mol. The van der Waals surface area contributed by atoms with Crippen LogP contribution in [0.1, 0.15) is 46.8 Å². The Hall–Kier alpha value is -4.60. The Labute approximate surface area is 234 Å². The third-order valence-electron chi connectivity index (χ3n) is 7.99. The van der Waals surface area contributed by atoms with Crippen LogP contribution in [0.3, 0.4) is 0 Å². The minimum Gasteiger partial charge on any atom is -0.356 e. The third-order valence-corrected chi connectivity index (χ3v) is 7.99. The Kier molecular flexibility index (Phi) is 6.76. The smallest absolute Gasteiger partial charge is 0.258 e. The van der Waals surface area contributed by atoms with Gasteiger partial charge >= 0.3 is 0 Å². The van der Waals surface area contributed by atoms with Crippen molar-refractivity contribution in [1.82, 2.24) is 14.9 Å². The monoisotopic (exact) mass is 559 g/mol. The fraction of sp³-hybridized carbons (Fsp3) is 0.258. The van der Waals surface area contributed by atoms with Crippen LogP contribution in [-0.4, -0.2) is 45.7 Å². The van der Waals surface area contributed by atoms with Crippen LogP contribution in [0.2, 0.25) is 0 Å². The Morgan fingerprint density at radius 1 is 1.10 bits per heavy atom. The number of carbonyl (C=O) groups is 2. The maximum atomic E-state index is 13.6. The van der Waals surface area contributed by atoms with Gasteiger partial charge in [-0.05, 0) is 54.8 Å². The number of aromatic nitrogens is 2. The number of hydrogen-bond acceptors (Lipinski definition) is 4. The van der Waals surface area contributed by atoms with Gasteiger partial charge in [-0.25, -0.2) is 18.2 Å². The van der Waals surface area contributed by atoms with Crippen molar-refractivity contribution in [3.05, 3.63) is 95.6 Å². The lowest BCUT2D eigenvalue weighted by Gasteiger charge is -2.33. The second kappa shape index (κ2) is 10.4. The molecule has 2 aromatic carbocycles. The summed E-state index contributed by atoms with van der Waals surface area (Å²) in [5.74, 6) is -2.31. The highest BCUT2D eigenvalue weighted by Gasteiger charge is 2.53. The van der Waals surface area contributed by atoms with Crippen molar-refractivity contribution in [2.75, 3.05) is 17.7 Å². The minimum atomic E-state index is -2.74. The molecule has 41 heavy (non-hydrogen) atoms. The number of para-hydroxylation sites is 1. The van der Waals surface area contributed by atoms with Crippen LogP contribution in [-0.2, 0) is 11.2 Å². The summed E-state index contributed by atoms with van der Waals surface area (Å²) in [5.41, 5.74) is 4.25. The molecule has 2 aromatic heterocycles. The zero-order valence-corrected chi connectivity index (χ0v) is 22.3. The molecule has 1 unspecified atom stereocenters. The van der Waals surface area contributed by atoms with E-state index < -0.39 is 30.5 Å². The summed E-state index contributed by atoms with van der Waals surface area (Å²) in [6.07, 6.45) is 0.650. The third kappa shape index (κ3) is 5.17. The SMILES string of the molecule is CN1C(=O)c2c([nH]c(-c3ccnc(NC(=O)C(CC(F)F)c4ccc(F)cc4)c3)c2Nc2ccccc2)CC12CC2. The maximum Gasteiger partial charge on any atom is 0.258 e. The number of pyridine rings is 1. The Morgan fingerprint density at radius 3 is 2.51 bits per heavy atom. The van der Waals surface area contributed by atoms with E-state index in [-0.39, 0.29) is 22.8 Å². The number of alkyl halides is 2. The quantitative estimate of drug-likeness (QED) is 0.230. The summed E-state index contributed by atoms with van der Waals surface area (Å²) in [5, 5.41) is 6.06. The van der Waals surface area contributed by atoms with Crippen LogP contribution in [0.25, 0.3) is 11.3 Å². The molecule has 0 saturated heterocycles. The molecule has 4 aromatic rings. The van der Waals surface area contributed by atoms with Crippen LogP contribution < -0.4 is 10.6 Å². The van der Waals surface area contributed by atoms with E-state index >= 15 is 0 Å². The van der Waals surface area contributed by atoms with Gasteiger partial charge in [-0.2, -0.15) is 0 Å². The Balaban J connectivity index is 1.35. The van der Waals surface area contributed by atoms with Crippen LogP contribution in [0.4, 0.5) is 30.4 Å². The lowest BCUT2D eigenvalue weighted by atomic mass is 9.95. The summed E-state index contributed by atoms with van der Waals surface area (Å²) < 4.78 is 40.2. The first kappa shape index (κ1) is 26.6. The number of halogens is 3. The number of nitrogens with zero attached hydrogens (tertiary/aromatic N) is 2. The summed E-state index contributed by atoms with van der Waals surface area (Å²) >= 11 is 0. The number of likely N-dealkylation sites (N-methyl/N-ethyl adjacent to an activating group) is 1. The summed E-state index contributed by atoms with van der Waals surface area (Å²) in [6.45, 7) is 0. The molecular formula is C31H28F3N5O2. The maximum absolute atomic E-state index is 13.6. The van der Waals surface area contributed by atoms with E-state index in [1.165, 1.54) is 18.3 Å². The summed E-state index contributed by atoms with van der Waals surface area (Å²) in [6, 6.07) is 17.8. The van der Waals surface area contributed by atoms with Crippen molar-refractivity contribution < 1.29 is 22.8 Å². The minimum absolute atomic E-state index is 0.0681. The zero-order chi connectivity index (χ0) is 28.7. The Bertz CT molecular complexity index is 1600. The fourth-order valence-corrected chi connectivity index (χ4v) is 5.55. The number of nitrogens with one attached hydrogen (secondary N) is 3. The number of fused-ring (bicyclic) bond motifs is 1. The number of carbonyl (C=O) groups excluding carboxylic acids is 2. The van der Waals surface area contributed by atoms with Crippen molar-refractivity contribution >= 4 is 29.0 Å². The van der Waals surface area contributed by atoms with Gasteiger partial charge in [0.2, 0.25) is 12.3 Å². The summed E-state index contributed by atoms with van der Waals surface area (Å²) in [7, 11) is 1.84. The second-order valence-corrected chi connectivity index (χ2v) is 10.6. The highest BCUT2D eigenvalue weighted by molar-refractivity contribution is 6.07. The van der Waals surface area contributed by atoms with E-state index in [4.69, 9.17) is 0 Å². The predicted octanol–water partition coefficient (Wildman–Crippen LogP) is 6.50. The van der Waals surface area contributed by atoms with Gasteiger partial charge in [-0.15, -0.1) is 0 Å². The number of benzene rings is 2. The lowest BCUT2D eigenvalue weighted by molar-refractivity contribution is -0.118. The molecule has 1 aliphatic carbocycles. The topological polar surface area (TPSA) is 90.1 Å². The fourth-order valence-electron chi connectivity index (χ4n) is 5.55. The van der Waals surface area contributed by atoms with Crippen LogP contribution in [0.5, 0.6) is 0 Å². The van der Waals surface area contributed by atoms with E-state index in [2.05, 4.69) is 20.6 Å². The highest BCUT2D eigenvalue weighted by atomic mass is 19.3. The molecule has 1 fully saturated rings. The van der Waals surface area contributed by atoms with Gasteiger partial charge in [-0.3, -0.25) is 9.59 Å². The van der Waals surface area contributed by atoms with Crippen LogP contribution >= 0.6 is 0 Å². The van der Waals surface area contributed by atoms with Crippen LogP contribution in [0, 0.1) is 5.82 Å². The number of hydrogen-bond donors (Lipinski definition) is 3. The van der Waals surface area contributed by atoms with E-state index in [0.717, 1.165) is 36.4 Å². The normalized spacial score (nSPS) is 16.0. The molecule has 1 saturated carbocycles. The van der Waals surface area contributed by atoms with Crippen molar-refractivity contribution in [1.29, 1.82) is 0 Å². The zero-order valence-electron chi connectivity index (χ0n) is 22.3. The van der Waals surface area contributed by atoms with Gasteiger partial charge < -0.3 is 20.5 Å². The van der Waals surface area contributed by atoms with Crippen molar-refractivity contribution in [3.63, 3.8) is 0 Å². The van der Waals surface area contributed by atoms with Gasteiger partial charge in [0.05, 0.1) is 22.9 Å². The van der Waals surface area contributed by atoms with Crippen molar-refractivity contribution in [3.8, 4) is 11.3 Å². The van der Waals surface area contributed by atoms with Gasteiger partial charge in [0.15, 0.2) is 0 Å². The molecule has 1 aliphatic heterocycles. The van der Waals surface area contributed by atoms with Gasteiger partial charge in [0, 0.05) is 48.6 Å². The largest absolute Gasteiger partial charge is 0.356 e. The number of aromatic amines is 1. The molecule has 2 amide bonds. The molecule has 3 heterocycles. The molecule has 2 aliphatic rings. The number of amides is 2. The van der Waals surface area contributed by atoms with Crippen LogP contribution in [0.15, 0.2) is 72.9 Å². The molecule has 1 spiro atoms. The summed E-state index contributed by atoms with van der Waals surface area (Å²) in [4.78, 5) is 36.3. The molecule has 10 heteroatoms.